The smallest absolute Gasteiger partial charge is 0.327 e. The molecule has 128 valence electrons. The molecule has 0 unspecified atom stereocenters. The molecule has 1 aromatic heterocycles. The van der Waals surface area contributed by atoms with Crippen LogP contribution in [-0.4, -0.2) is 36.8 Å². The Morgan fingerprint density at radius 3 is 2.64 bits per heavy atom. The number of carboxylic acids is 1. The fourth-order valence-corrected chi connectivity index (χ4v) is 3.99. The Hall–Kier alpha value is -2.38. The van der Waals surface area contributed by atoms with Crippen LogP contribution in [0.15, 0.2) is 53.7 Å². The quantitative estimate of drug-likeness (QED) is 0.646. The maximum Gasteiger partial charge on any atom is 0.327 e. The molecule has 1 fully saturated rings. The first-order chi connectivity index (χ1) is 12.0. The number of nitrogens with zero attached hydrogens (tertiary/aromatic N) is 2. The van der Waals surface area contributed by atoms with E-state index in [0.29, 0.717) is 4.91 Å². The molecule has 7 heteroatoms. The molecule has 1 atom stereocenters. The van der Waals surface area contributed by atoms with Gasteiger partial charge in [-0.2, -0.15) is 0 Å². The topological polar surface area (TPSA) is 62.5 Å². The maximum atomic E-state index is 12.7. The van der Waals surface area contributed by atoms with Crippen LogP contribution in [0.1, 0.15) is 11.1 Å². The zero-order chi connectivity index (χ0) is 18.0. The number of rotatable bonds is 5. The summed E-state index contributed by atoms with van der Waals surface area (Å²) in [7, 11) is 1.89. The van der Waals surface area contributed by atoms with E-state index in [1.807, 2.05) is 60.4 Å². The van der Waals surface area contributed by atoms with Crippen LogP contribution in [0.4, 0.5) is 0 Å². The van der Waals surface area contributed by atoms with Gasteiger partial charge in [0, 0.05) is 25.9 Å². The van der Waals surface area contributed by atoms with E-state index >= 15 is 0 Å². The first-order valence-electron chi connectivity index (χ1n) is 7.61. The molecule has 5 nitrogen and oxygen atoms in total. The first-order valence-corrected chi connectivity index (χ1v) is 8.84. The van der Waals surface area contributed by atoms with Crippen LogP contribution >= 0.6 is 24.0 Å². The molecular formula is C18H16N2O3S2. The Labute approximate surface area is 154 Å². The van der Waals surface area contributed by atoms with Gasteiger partial charge in [-0.05, 0) is 23.3 Å². The van der Waals surface area contributed by atoms with Crippen LogP contribution in [0.2, 0.25) is 0 Å². The van der Waals surface area contributed by atoms with Gasteiger partial charge in [-0.25, -0.2) is 4.79 Å². The Bertz CT molecular complexity index is 858. The van der Waals surface area contributed by atoms with Crippen molar-refractivity contribution in [1.29, 1.82) is 0 Å². The number of amides is 1. The number of thioether (sulfide) groups is 1. The Morgan fingerprint density at radius 1 is 1.32 bits per heavy atom. The summed E-state index contributed by atoms with van der Waals surface area (Å²) in [5, 5.41) is 9.62. The molecule has 1 aliphatic rings. The largest absolute Gasteiger partial charge is 0.480 e. The van der Waals surface area contributed by atoms with Crippen molar-refractivity contribution in [2.75, 3.05) is 0 Å². The first kappa shape index (κ1) is 17.4. The number of aliphatic carboxylic acids is 1. The molecular weight excluding hydrogens is 356 g/mol. The third-order valence-corrected chi connectivity index (χ3v) is 5.18. The molecule has 0 spiro atoms. The van der Waals surface area contributed by atoms with Crippen molar-refractivity contribution in [3.8, 4) is 0 Å². The Morgan fingerprint density at radius 2 is 2.04 bits per heavy atom. The molecule has 1 N–H and O–H groups in total. The van der Waals surface area contributed by atoms with Crippen LogP contribution in [0.3, 0.4) is 0 Å². The lowest BCUT2D eigenvalue weighted by Crippen LogP contribution is -2.45. The summed E-state index contributed by atoms with van der Waals surface area (Å²) < 4.78 is 2.15. The summed E-state index contributed by atoms with van der Waals surface area (Å²) in [6.07, 6.45) is 5.70. The zero-order valence-electron chi connectivity index (χ0n) is 13.5. The minimum absolute atomic E-state index is 0.210. The number of carboxylic acid groups (broad SMARTS) is 1. The highest BCUT2D eigenvalue weighted by atomic mass is 32.2. The van der Waals surface area contributed by atoms with Crippen molar-refractivity contribution >= 4 is 46.3 Å². The van der Waals surface area contributed by atoms with Gasteiger partial charge in [-0.15, -0.1) is 0 Å². The molecule has 0 bridgehead atoms. The summed E-state index contributed by atoms with van der Waals surface area (Å²) in [5.41, 5.74) is 1.72. The highest BCUT2D eigenvalue weighted by Crippen LogP contribution is 2.34. The van der Waals surface area contributed by atoms with Crippen molar-refractivity contribution in [1.82, 2.24) is 9.47 Å². The number of carbonyl (C=O) groups is 2. The van der Waals surface area contributed by atoms with Gasteiger partial charge in [-0.3, -0.25) is 9.69 Å². The van der Waals surface area contributed by atoms with Crippen LogP contribution in [0.25, 0.3) is 6.08 Å². The molecule has 3 rings (SSSR count). The van der Waals surface area contributed by atoms with Gasteiger partial charge in [0.05, 0.1) is 4.91 Å². The number of thiocarbonyl (C=S) groups is 1. The van der Waals surface area contributed by atoms with Crippen molar-refractivity contribution in [2.45, 2.75) is 12.5 Å². The van der Waals surface area contributed by atoms with Crippen LogP contribution in [0.5, 0.6) is 0 Å². The van der Waals surface area contributed by atoms with Crippen molar-refractivity contribution in [3.05, 3.63) is 64.8 Å². The second-order valence-corrected chi connectivity index (χ2v) is 7.38. The molecule has 0 saturated carbocycles. The number of benzene rings is 1. The lowest BCUT2D eigenvalue weighted by Gasteiger charge is -2.23. The van der Waals surface area contributed by atoms with Crippen LogP contribution in [-0.2, 0) is 23.1 Å². The average Bonchev–Trinajstić information content (AvgIpc) is 3.10. The lowest BCUT2D eigenvalue weighted by molar-refractivity contribution is -0.145. The maximum absolute atomic E-state index is 12.7. The van der Waals surface area contributed by atoms with Gasteiger partial charge in [0.2, 0.25) is 0 Å². The molecule has 1 amide bonds. The lowest BCUT2D eigenvalue weighted by atomic mass is 10.0. The number of carbonyl (C=O) groups excluding carboxylic acids is 1. The number of aryl methyl sites for hydroxylation is 1. The third-order valence-electron chi connectivity index (χ3n) is 3.84. The number of aromatic nitrogens is 1. The predicted molar refractivity (Wildman–Crippen MR) is 102 cm³/mol. The van der Waals surface area contributed by atoms with E-state index in [2.05, 4.69) is 0 Å². The number of hydrogen-bond acceptors (Lipinski definition) is 4. The van der Waals surface area contributed by atoms with E-state index in [-0.39, 0.29) is 16.6 Å². The standard InChI is InChI=1S/C18H16N2O3S2/c1-19-8-7-13(11-19)10-15-16(21)20(18(24)25-15)14(17(22)23)9-12-5-3-2-4-6-12/h2-8,10-11,14H,9H2,1H3,(H,22,23)/b15-10+/t14-/m1/s1. The van der Waals surface area contributed by atoms with Gasteiger partial charge < -0.3 is 9.67 Å². The van der Waals surface area contributed by atoms with E-state index in [0.717, 1.165) is 22.9 Å². The van der Waals surface area contributed by atoms with Gasteiger partial charge in [0.15, 0.2) is 0 Å². The third kappa shape index (κ3) is 3.83. The summed E-state index contributed by atoms with van der Waals surface area (Å²) in [4.78, 5) is 26.2. The molecule has 1 saturated heterocycles. The summed E-state index contributed by atoms with van der Waals surface area (Å²) >= 11 is 6.42. The van der Waals surface area contributed by atoms with Gasteiger partial charge in [-0.1, -0.05) is 54.3 Å². The fourth-order valence-electron chi connectivity index (χ4n) is 2.64. The molecule has 1 aliphatic heterocycles. The predicted octanol–water partition coefficient (Wildman–Crippen LogP) is 2.92. The molecule has 2 heterocycles. The molecule has 2 aromatic rings. The highest BCUT2D eigenvalue weighted by molar-refractivity contribution is 8.26. The number of hydrogen-bond donors (Lipinski definition) is 1. The monoisotopic (exact) mass is 372 g/mol. The van der Waals surface area contributed by atoms with Gasteiger partial charge >= 0.3 is 5.97 Å². The molecule has 0 radical (unpaired) electrons. The van der Waals surface area contributed by atoms with E-state index in [1.165, 1.54) is 4.90 Å². The minimum Gasteiger partial charge on any atom is -0.480 e. The highest BCUT2D eigenvalue weighted by Gasteiger charge is 2.40. The summed E-state index contributed by atoms with van der Waals surface area (Å²) in [6, 6.07) is 10.1. The zero-order valence-corrected chi connectivity index (χ0v) is 15.1. The Kier molecular flexibility index (Phi) is 5.06. The molecule has 0 aliphatic carbocycles. The van der Waals surface area contributed by atoms with Crippen LogP contribution < -0.4 is 0 Å². The second kappa shape index (κ2) is 7.25. The summed E-state index contributed by atoms with van der Waals surface area (Å²) in [6.45, 7) is 0. The van der Waals surface area contributed by atoms with Crippen molar-refractivity contribution in [3.63, 3.8) is 0 Å². The van der Waals surface area contributed by atoms with Gasteiger partial charge in [0.1, 0.15) is 10.4 Å². The van der Waals surface area contributed by atoms with E-state index in [9.17, 15) is 14.7 Å². The van der Waals surface area contributed by atoms with E-state index in [4.69, 9.17) is 12.2 Å². The fraction of sp³-hybridized carbons (Fsp3) is 0.167. The van der Waals surface area contributed by atoms with E-state index in [1.54, 1.807) is 6.08 Å². The minimum atomic E-state index is -1.07. The summed E-state index contributed by atoms with van der Waals surface area (Å²) in [5.74, 6) is -1.43. The molecule has 1 aromatic carbocycles. The van der Waals surface area contributed by atoms with Crippen molar-refractivity contribution in [2.24, 2.45) is 7.05 Å². The second-order valence-electron chi connectivity index (χ2n) is 5.71. The van der Waals surface area contributed by atoms with E-state index < -0.39 is 12.0 Å². The SMILES string of the molecule is Cn1ccc(/C=C2/SC(=S)N([C@H](Cc3ccccc3)C(=O)O)C2=O)c1. The van der Waals surface area contributed by atoms with Crippen LogP contribution in [0, 0.1) is 0 Å². The molecule has 25 heavy (non-hydrogen) atoms. The Balaban J connectivity index is 1.86. The average molecular weight is 372 g/mol. The van der Waals surface area contributed by atoms with Crippen molar-refractivity contribution < 1.29 is 14.7 Å². The van der Waals surface area contributed by atoms with Gasteiger partial charge in [0.25, 0.3) is 5.91 Å². The normalized spacial score (nSPS) is 17.3.